The SMILES string of the molecule is COCCN1C(C)=CN2C1=NC1C2C(=O)N(Cc2ccccc2C)C(=O)N1C. The van der Waals surface area contributed by atoms with E-state index >= 15 is 0 Å². The summed E-state index contributed by atoms with van der Waals surface area (Å²) >= 11 is 0. The normalized spacial score (nSPS) is 23.9. The Bertz CT molecular complexity index is 880. The van der Waals surface area contributed by atoms with Gasteiger partial charge >= 0.3 is 6.03 Å². The highest BCUT2D eigenvalue weighted by Gasteiger charge is 2.54. The molecule has 0 aromatic heterocycles. The van der Waals surface area contributed by atoms with Crippen molar-refractivity contribution < 1.29 is 14.3 Å². The van der Waals surface area contributed by atoms with Crippen LogP contribution in [0.5, 0.6) is 0 Å². The number of methoxy groups -OCH3 is 1. The highest BCUT2D eigenvalue weighted by molar-refractivity contribution is 6.04. The number of urea groups is 1. The highest BCUT2D eigenvalue weighted by Crippen LogP contribution is 2.34. The van der Waals surface area contributed by atoms with E-state index in [0.717, 1.165) is 16.8 Å². The fraction of sp³-hybridized carbons (Fsp3) is 0.450. The summed E-state index contributed by atoms with van der Waals surface area (Å²) in [5.41, 5.74) is 3.02. The van der Waals surface area contributed by atoms with E-state index in [9.17, 15) is 9.59 Å². The van der Waals surface area contributed by atoms with Crippen molar-refractivity contribution in [3.05, 3.63) is 47.3 Å². The molecule has 3 aliphatic heterocycles. The Morgan fingerprint density at radius 3 is 2.61 bits per heavy atom. The van der Waals surface area contributed by atoms with Gasteiger partial charge in [0.15, 0.2) is 12.2 Å². The van der Waals surface area contributed by atoms with E-state index < -0.39 is 12.2 Å². The molecule has 1 aromatic rings. The van der Waals surface area contributed by atoms with Crippen molar-refractivity contribution in [3.8, 4) is 0 Å². The molecule has 3 amide bonds. The molecule has 28 heavy (non-hydrogen) atoms. The molecule has 0 saturated carbocycles. The van der Waals surface area contributed by atoms with Gasteiger partial charge in [-0.2, -0.15) is 0 Å². The van der Waals surface area contributed by atoms with Gasteiger partial charge < -0.3 is 19.4 Å². The summed E-state index contributed by atoms with van der Waals surface area (Å²) in [6.07, 6.45) is 1.42. The molecule has 2 atom stereocenters. The molecule has 148 valence electrons. The molecule has 1 saturated heterocycles. The van der Waals surface area contributed by atoms with Gasteiger partial charge in [-0.05, 0) is 25.0 Å². The Hall–Kier alpha value is -2.87. The average Bonchev–Trinajstić information content (AvgIpc) is 3.18. The van der Waals surface area contributed by atoms with Crippen molar-refractivity contribution in [2.24, 2.45) is 4.99 Å². The zero-order valence-corrected chi connectivity index (χ0v) is 16.6. The third-order valence-electron chi connectivity index (χ3n) is 5.61. The van der Waals surface area contributed by atoms with Crippen LogP contribution in [0.1, 0.15) is 18.1 Å². The lowest BCUT2D eigenvalue weighted by Crippen LogP contribution is -2.63. The molecule has 0 aliphatic carbocycles. The molecule has 4 rings (SSSR count). The second kappa shape index (κ2) is 6.94. The van der Waals surface area contributed by atoms with E-state index in [-0.39, 0.29) is 18.5 Å². The van der Waals surface area contributed by atoms with Crippen LogP contribution in [0.3, 0.4) is 0 Å². The van der Waals surface area contributed by atoms with Gasteiger partial charge in [-0.1, -0.05) is 24.3 Å². The zero-order valence-electron chi connectivity index (χ0n) is 16.6. The zero-order chi connectivity index (χ0) is 20.0. The van der Waals surface area contributed by atoms with Crippen LogP contribution in [0.4, 0.5) is 4.79 Å². The number of aliphatic imine (C=N–C) groups is 1. The second-order valence-electron chi connectivity index (χ2n) is 7.35. The third-order valence-corrected chi connectivity index (χ3v) is 5.61. The van der Waals surface area contributed by atoms with Gasteiger partial charge in [-0.15, -0.1) is 0 Å². The number of amides is 3. The minimum Gasteiger partial charge on any atom is -0.383 e. The van der Waals surface area contributed by atoms with Gasteiger partial charge in [-0.25, -0.2) is 9.79 Å². The average molecular weight is 383 g/mol. The number of imide groups is 1. The summed E-state index contributed by atoms with van der Waals surface area (Å²) in [7, 11) is 3.36. The van der Waals surface area contributed by atoms with Crippen molar-refractivity contribution in [3.63, 3.8) is 0 Å². The highest BCUT2D eigenvalue weighted by atomic mass is 16.5. The Morgan fingerprint density at radius 1 is 1.14 bits per heavy atom. The minimum atomic E-state index is -0.538. The Balaban J connectivity index is 1.62. The van der Waals surface area contributed by atoms with E-state index in [1.54, 1.807) is 19.1 Å². The van der Waals surface area contributed by atoms with Crippen LogP contribution in [0.25, 0.3) is 0 Å². The van der Waals surface area contributed by atoms with Crippen molar-refractivity contribution in [2.75, 3.05) is 27.3 Å². The number of carbonyl (C=O) groups excluding carboxylic acids is 2. The van der Waals surface area contributed by atoms with Gasteiger partial charge in [0.2, 0.25) is 5.96 Å². The smallest absolute Gasteiger partial charge is 0.328 e. The van der Waals surface area contributed by atoms with Crippen LogP contribution >= 0.6 is 0 Å². The topological polar surface area (TPSA) is 68.7 Å². The molecule has 8 nitrogen and oxygen atoms in total. The lowest BCUT2D eigenvalue weighted by atomic mass is 10.1. The monoisotopic (exact) mass is 383 g/mol. The first-order valence-corrected chi connectivity index (χ1v) is 9.37. The summed E-state index contributed by atoms with van der Waals surface area (Å²) in [5, 5.41) is 0. The van der Waals surface area contributed by atoms with E-state index in [2.05, 4.69) is 0 Å². The molecule has 2 unspecified atom stereocenters. The number of hydrogen-bond donors (Lipinski definition) is 0. The lowest BCUT2D eigenvalue weighted by molar-refractivity contribution is -0.137. The van der Waals surface area contributed by atoms with Gasteiger partial charge in [-0.3, -0.25) is 9.69 Å². The van der Waals surface area contributed by atoms with Crippen LogP contribution in [-0.4, -0.2) is 77.0 Å². The predicted octanol–water partition coefficient (Wildman–Crippen LogP) is 1.58. The minimum absolute atomic E-state index is 0.215. The molecule has 8 heteroatoms. The maximum absolute atomic E-state index is 13.3. The molecular formula is C20H25N5O3. The van der Waals surface area contributed by atoms with Crippen molar-refractivity contribution in [2.45, 2.75) is 32.6 Å². The number of nitrogens with zero attached hydrogens (tertiary/aromatic N) is 5. The summed E-state index contributed by atoms with van der Waals surface area (Å²) in [5.74, 6) is 0.489. The molecule has 1 aromatic carbocycles. The summed E-state index contributed by atoms with van der Waals surface area (Å²) in [6, 6.07) is 6.95. The fourth-order valence-corrected chi connectivity index (χ4v) is 3.96. The number of carbonyl (C=O) groups is 2. The predicted molar refractivity (Wildman–Crippen MR) is 104 cm³/mol. The largest absolute Gasteiger partial charge is 0.383 e. The quantitative estimate of drug-likeness (QED) is 0.772. The van der Waals surface area contributed by atoms with E-state index in [1.807, 2.05) is 54.1 Å². The Kier molecular flexibility index (Phi) is 4.58. The molecule has 0 radical (unpaired) electrons. The standard InChI is InChI=1S/C20H25N5O3/c1-13-7-5-6-8-15(13)12-25-18(26)16-17(22(3)20(25)27)21-19-23(9-10-28-4)14(2)11-24(16)19/h5-8,11,16-17H,9-10,12H2,1-4H3. The first-order chi connectivity index (χ1) is 13.4. The summed E-state index contributed by atoms with van der Waals surface area (Å²) in [6.45, 7) is 5.43. The maximum atomic E-state index is 13.3. The molecular weight excluding hydrogens is 358 g/mol. The molecule has 3 aliphatic rings. The number of benzene rings is 1. The van der Waals surface area contributed by atoms with Crippen molar-refractivity contribution >= 4 is 17.9 Å². The van der Waals surface area contributed by atoms with Crippen LogP contribution in [0.15, 0.2) is 41.2 Å². The number of likely N-dealkylation sites (N-methyl/N-ethyl adjacent to an activating group) is 1. The molecule has 0 N–H and O–H groups in total. The number of aryl methyl sites for hydroxylation is 1. The van der Waals surface area contributed by atoms with Crippen molar-refractivity contribution in [1.82, 2.24) is 19.6 Å². The third kappa shape index (κ3) is 2.75. The Morgan fingerprint density at radius 2 is 1.89 bits per heavy atom. The van der Waals surface area contributed by atoms with Gasteiger partial charge in [0.05, 0.1) is 13.2 Å². The van der Waals surface area contributed by atoms with Gasteiger partial charge in [0, 0.05) is 32.6 Å². The first-order valence-electron chi connectivity index (χ1n) is 9.37. The van der Waals surface area contributed by atoms with Crippen LogP contribution in [0, 0.1) is 6.92 Å². The summed E-state index contributed by atoms with van der Waals surface area (Å²) < 4.78 is 5.19. The number of fused-ring (bicyclic) bond motifs is 3. The van der Waals surface area contributed by atoms with Crippen LogP contribution in [-0.2, 0) is 16.1 Å². The van der Waals surface area contributed by atoms with Crippen molar-refractivity contribution in [1.29, 1.82) is 0 Å². The number of allylic oxidation sites excluding steroid dienone is 1. The van der Waals surface area contributed by atoms with Crippen LogP contribution < -0.4 is 0 Å². The number of hydrogen-bond acceptors (Lipinski definition) is 6. The molecule has 0 bridgehead atoms. The number of ether oxygens (including phenoxy) is 1. The Labute approximate surface area is 164 Å². The van der Waals surface area contributed by atoms with Gasteiger partial charge in [0.1, 0.15) is 0 Å². The molecule has 0 spiro atoms. The fourth-order valence-electron chi connectivity index (χ4n) is 3.96. The molecule has 1 fully saturated rings. The maximum Gasteiger partial charge on any atom is 0.328 e. The van der Waals surface area contributed by atoms with Crippen LogP contribution in [0.2, 0.25) is 0 Å². The number of rotatable bonds is 5. The second-order valence-corrected chi connectivity index (χ2v) is 7.35. The number of guanidine groups is 1. The first kappa shape index (κ1) is 18.5. The summed E-state index contributed by atoms with van der Waals surface area (Å²) in [4.78, 5) is 37.8. The van der Waals surface area contributed by atoms with E-state index in [4.69, 9.17) is 9.73 Å². The molecule has 3 heterocycles. The van der Waals surface area contributed by atoms with E-state index in [0.29, 0.717) is 19.1 Å². The van der Waals surface area contributed by atoms with E-state index in [1.165, 1.54) is 4.90 Å². The lowest BCUT2D eigenvalue weighted by Gasteiger charge is -2.40. The van der Waals surface area contributed by atoms with Gasteiger partial charge in [0.25, 0.3) is 5.91 Å².